The highest BCUT2D eigenvalue weighted by atomic mass is 16.2. The van der Waals surface area contributed by atoms with Crippen molar-refractivity contribution < 1.29 is 4.79 Å². The number of carbonyl (C=O) groups is 1. The smallest absolute Gasteiger partial charge is 0.272 e. The van der Waals surface area contributed by atoms with Crippen LogP contribution in [-0.2, 0) is 0 Å². The van der Waals surface area contributed by atoms with Gasteiger partial charge in [0.2, 0.25) is 0 Å². The normalized spacial score (nSPS) is 20.9. The number of fused-ring (bicyclic) bond motifs is 1. The highest BCUT2D eigenvalue weighted by Crippen LogP contribution is 2.20. The van der Waals surface area contributed by atoms with E-state index in [0.717, 1.165) is 23.9 Å². The molecule has 1 aliphatic rings. The summed E-state index contributed by atoms with van der Waals surface area (Å²) < 4.78 is 0. The highest BCUT2D eigenvalue weighted by Gasteiger charge is 2.21. The van der Waals surface area contributed by atoms with E-state index < -0.39 is 0 Å². The monoisotopic (exact) mass is 300 g/mol. The van der Waals surface area contributed by atoms with Crippen LogP contribution in [0.15, 0.2) is 24.3 Å². The Morgan fingerprint density at radius 1 is 1.50 bits per heavy atom. The van der Waals surface area contributed by atoms with Gasteiger partial charge in [0.05, 0.1) is 5.52 Å². The predicted molar refractivity (Wildman–Crippen MR) is 87.9 cm³/mol. The van der Waals surface area contributed by atoms with Gasteiger partial charge in [-0.25, -0.2) is 0 Å². The molecule has 1 aromatic heterocycles. The van der Waals surface area contributed by atoms with Crippen LogP contribution in [0.4, 0.5) is 0 Å². The van der Waals surface area contributed by atoms with Crippen LogP contribution in [0.2, 0.25) is 0 Å². The number of nitrogens with one attached hydrogen (secondary N) is 2. The molecular weight excluding hydrogens is 276 g/mol. The second-order valence-corrected chi connectivity index (χ2v) is 6.50. The first kappa shape index (κ1) is 15.0. The van der Waals surface area contributed by atoms with Crippen molar-refractivity contribution in [1.29, 1.82) is 0 Å². The summed E-state index contributed by atoms with van der Waals surface area (Å²) in [4.78, 5) is 14.8. The number of piperidine rings is 1. The first-order valence-corrected chi connectivity index (χ1v) is 8.06. The molecule has 2 atom stereocenters. The highest BCUT2D eigenvalue weighted by molar-refractivity contribution is 6.04. The van der Waals surface area contributed by atoms with Crippen LogP contribution in [0.5, 0.6) is 0 Å². The van der Waals surface area contributed by atoms with Gasteiger partial charge in [0.25, 0.3) is 5.91 Å². The number of hydrogen-bond acceptors (Lipinski definition) is 3. The zero-order valence-corrected chi connectivity index (χ0v) is 13.3. The van der Waals surface area contributed by atoms with Crippen molar-refractivity contribution in [2.75, 3.05) is 20.1 Å². The summed E-state index contributed by atoms with van der Waals surface area (Å²) in [6, 6.07) is 7.88. The van der Waals surface area contributed by atoms with Gasteiger partial charge in [0.15, 0.2) is 5.69 Å². The van der Waals surface area contributed by atoms with Crippen molar-refractivity contribution in [3.63, 3.8) is 0 Å². The molecule has 2 aromatic rings. The maximum Gasteiger partial charge on any atom is 0.272 e. The molecule has 118 valence electrons. The summed E-state index contributed by atoms with van der Waals surface area (Å²) in [7, 11) is 2.17. The maximum absolute atomic E-state index is 12.4. The Bertz CT molecular complexity index is 651. The van der Waals surface area contributed by atoms with E-state index in [1.54, 1.807) is 0 Å². The number of amides is 1. The second-order valence-electron chi connectivity index (χ2n) is 6.50. The number of aromatic nitrogens is 2. The van der Waals surface area contributed by atoms with Crippen LogP contribution in [0.3, 0.4) is 0 Å². The lowest BCUT2D eigenvalue weighted by Gasteiger charge is -2.31. The van der Waals surface area contributed by atoms with Gasteiger partial charge in [0, 0.05) is 18.0 Å². The lowest BCUT2D eigenvalue weighted by molar-refractivity contribution is 0.0925. The van der Waals surface area contributed by atoms with Gasteiger partial charge < -0.3 is 10.2 Å². The molecule has 1 amide bonds. The Morgan fingerprint density at radius 3 is 3.14 bits per heavy atom. The van der Waals surface area contributed by atoms with Gasteiger partial charge in [-0.2, -0.15) is 5.10 Å². The van der Waals surface area contributed by atoms with Gasteiger partial charge in [-0.05, 0) is 51.8 Å². The first-order valence-electron chi connectivity index (χ1n) is 8.06. The molecule has 0 spiro atoms. The van der Waals surface area contributed by atoms with E-state index in [1.807, 2.05) is 24.3 Å². The van der Waals surface area contributed by atoms with Crippen molar-refractivity contribution in [1.82, 2.24) is 20.4 Å². The zero-order valence-electron chi connectivity index (χ0n) is 13.3. The Hall–Kier alpha value is -1.88. The standard InChI is InChI=1S/C17H24N4O/c1-12(10-13-6-5-9-21(2)11-13)18-17(22)16-14-7-3-4-8-15(14)19-20-16/h3-4,7-8,12-13H,5-6,9-11H2,1-2H3,(H,18,22)(H,19,20). The van der Waals surface area contributed by atoms with Gasteiger partial charge in [-0.1, -0.05) is 18.2 Å². The summed E-state index contributed by atoms with van der Waals surface area (Å²) in [6.07, 6.45) is 3.54. The van der Waals surface area contributed by atoms with Crippen molar-refractivity contribution in [2.45, 2.75) is 32.2 Å². The molecular formula is C17H24N4O. The van der Waals surface area contributed by atoms with E-state index in [1.165, 1.54) is 19.4 Å². The number of hydrogen-bond donors (Lipinski definition) is 2. The molecule has 2 N–H and O–H groups in total. The van der Waals surface area contributed by atoms with Crippen LogP contribution in [0.25, 0.3) is 10.9 Å². The third kappa shape index (κ3) is 3.30. The molecule has 1 aromatic carbocycles. The summed E-state index contributed by atoms with van der Waals surface area (Å²) in [5, 5.41) is 11.0. The maximum atomic E-state index is 12.4. The number of carbonyl (C=O) groups excluding carboxylic acids is 1. The van der Waals surface area contributed by atoms with E-state index in [4.69, 9.17) is 0 Å². The number of rotatable bonds is 4. The topological polar surface area (TPSA) is 61.0 Å². The van der Waals surface area contributed by atoms with Crippen molar-refractivity contribution in [3.8, 4) is 0 Å². The largest absolute Gasteiger partial charge is 0.348 e. The minimum atomic E-state index is -0.0888. The summed E-state index contributed by atoms with van der Waals surface area (Å²) >= 11 is 0. The van der Waals surface area contributed by atoms with Crippen LogP contribution >= 0.6 is 0 Å². The average molecular weight is 300 g/mol. The third-order valence-electron chi connectivity index (χ3n) is 4.47. The summed E-state index contributed by atoms with van der Waals surface area (Å²) in [6.45, 7) is 4.41. The number of likely N-dealkylation sites (tertiary alicyclic amines) is 1. The molecule has 2 unspecified atom stereocenters. The van der Waals surface area contributed by atoms with E-state index >= 15 is 0 Å². The molecule has 0 bridgehead atoms. The molecule has 0 radical (unpaired) electrons. The number of para-hydroxylation sites is 1. The average Bonchev–Trinajstić information content (AvgIpc) is 2.91. The first-order chi connectivity index (χ1) is 10.6. The van der Waals surface area contributed by atoms with E-state index in [0.29, 0.717) is 11.6 Å². The minimum absolute atomic E-state index is 0.0888. The molecule has 5 nitrogen and oxygen atoms in total. The van der Waals surface area contributed by atoms with Crippen LogP contribution in [-0.4, -0.2) is 47.2 Å². The number of benzene rings is 1. The van der Waals surface area contributed by atoms with Gasteiger partial charge in [-0.15, -0.1) is 0 Å². The Kier molecular flexibility index (Phi) is 4.43. The quantitative estimate of drug-likeness (QED) is 0.911. The van der Waals surface area contributed by atoms with E-state index in [9.17, 15) is 4.79 Å². The minimum Gasteiger partial charge on any atom is -0.348 e. The molecule has 22 heavy (non-hydrogen) atoms. The molecule has 5 heteroatoms. The number of H-pyrrole nitrogens is 1. The predicted octanol–water partition coefficient (Wildman–Crippen LogP) is 2.41. The molecule has 3 rings (SSSR count). The van der Waals surface area contributed by atoms with Gasteiger partial charge in [-0.3, -0.25) is 9.89 Å². The Balaban J connectivity index is 1.61. The van der Waals surface area contributed by atoms with Crippen LogP contribution < -0.4 is 5.32 Å². The third-order valence-corrected chi connectivity index (χ3v) is 4.47. The fourth-order valence-corrected chi connectivity index (χ4v) is 3.45. The van der Waals surface area contributed by atoms with Gasteiger partial charge in [0.1, 0.15) is 0 Å². The fourth-order valence-electron chi connectivity index (χ4n) is 3.45. The van der Waals surface area contributed by atoms with E-state index in [2.05, 4.69) is 34.4 Å². The second kappa shape index (κ2) is 6.48. The van der Waals surface area contributed by atoms with Crippen molar-refractivity contribution in [2.24, 2.45) is 5.92 Å². The molecule has 0 saturated carbocycles. The molecule has 1 aliphatic heterocycles. The lowest BCUT2D eigenvalue weighted by Crippen LogP contribution is -2.38. The summed E-state index contributed by atoms with van der Waals surface area (Å²) in [5.74, 6) is 0.582. The summed E-state index contributed by atoms with van der Waals surface area (Å²) in [5.41, 5.74) is 1.39. The fraction of sp³-hybridized carbons (Fsp3) is 0.529. The van der Waals surface area contributed by atoms with Crippen molar-refractivity contribution in [3.05, 3.63) is 30.0 Å². The number of aromatic amines is 1. The SMILES string of the molecule is CC(CC1CCCN(C)C1)NC(=O)c1n[nH]c2ccccc12. The molecule has 1 fully saturated rings. The van der Waals surface area contributed by atoms with Crippen LogP contribution in [0, 0.1) is 5.92 Å². The molecule has 0 aliphatic carbocycles. The Labute approximate surface area is 131 Å². The van der Waals surface area contributed by atoms with Crippen molar-refractivity contribution >= 4 is 16.8 Å². The zero-order chi connectivity index (χ0) is 15.5. The van der Waals surface area contributed by atoms with Gasteiger partial charge >= 0.3 is 0 Å². The lowest BCUT2D eigenvalue weighted by atomic mass is 9.92. The van der Waals surface area contributed by atoms with Crippen LogP contribution in [0.1, 0.15) is 36.7 Å². The number of nitrogens with zero attached hydrogens (tertiary/aromatic N) is 2. The molecule has 1 saturated heterocycles. The Morgan fingerprint density at radius 2 is 2.32 bits per heavy atom. The van der Waals surface area contributed by atoms with E-state index in [-0.39, 0.29) is 11.9 Å². The molecule has 2 heterocycles.